The number of aryl methyl sites for hydroxylation is 1. The van der Waals surface area contributed by atoms with Gasteiger partial charge in [-0.05, 0) is 31.7 Å². The fourth-order valence-electron chi connectivity index (χ4n) is 3.45. The van der Waals surface area contributed by atoms with Crippen molar-refractivity contribution in [3.63, 3.8) is 0 Å². The average Bonchev–Trinajstić information content (AvgIpc) is 2.80. The third kappa shape index (κ3) is 6.24. The third-order valence-corrected chi connectivity index (χ3v) is 5.27. The number of hydrogen-bond donors (Lipinski definition) is 1. The van der Waals surface area contributed by atoms with Crippen LogP contribution in [0.2, 0.25) is 0 Å². The van der Waals surface area contributed by atoms with Gasteiger partial charge in [0.1, 0.15) is 5.82 Å². The van der Waals surface area contributed by atoms with Crippen molar-refractivity contribution in [3.05, 3.63) is 71.5 Å². The van der Waals surface area contributed by atoms with E-state index in [2.05, 4.69) is 61.4 Å². The van der Waals surface area contributed by atoms with Crippen LogP contribution in [0.5, 0.6) is 6.01 Å². The normalized spacial score (nSPS) is 14.6. The molecule has 1 fully saturated rings. The summed E-state index contributed by atoms with van der Waals surface area (Å²) in [6, 6.07) is 16.3. The van der Waals surface area contributed by atoms with Gasteiger partial charge in [0.2, 0.25) is 0 Å². The number of piperazine rings is 1. The van der Waals surface area contributed by atoms with Crippen LogP contribution < -0.4 is 15.1 Å². The molecule has 3 heterocycles. The number of rotatable bonds is 8. The van der Waals surface area contributed by atoms with Gasteiger partial charge in [-0.25, -0.2) is 0 Å². The first-order valence-electron chi connectivity index (χ1n) is 10.9. The highest BCUT2D eigenvalue weighted by molar-refractivity contribution is 5.80. The minimum Gasteiger partial charge on any atom is -0.463 e. The zero-order valence-corrected chi connectivity index (χ0v) is 18.6. The molecule has 0 bridgehead atoms. The molecule has 0 amide bonds. The van der Waals surface area contributed by atoms with Crippen LogP contribution in [0.3, 0.4) is 0 Å². The molecule has 32 heavy (non-hydrogen) atoms. The van der Waals surface area contributed by atoms with Crippen LogP contribution in [0.1, 0.15) is 16.8 Å². The summed E-state index contributed by atoms with van der Waals surface area (Å²) in [5.74, 6) is 1.44. The van der Waals surface area contributed by atoms with Gasteiger partial charge in [0.25, 0.3) is 0 Å². The molecule has 1 aromatic carbocycles. The lowest BCUT2D eigenvalue weighted by Crippen LogP contribution is -2.44. The number of aromatic nitrogens is 3. The Hall–Kier alpha value is -3.52. The first kappa shape index (κ1) is 21.7. The molecule has 3 aromatic rings. The lowest BCUT2D eigenvalue weighted by molar-refractivity contribution is 0.293. The molecule has 8 heteroatoms. The second kappa shape index (κ2) is 10.7. The number of nitrogens with zero attached hydrogens (tertiary/aromatic N) is 6. The topological polar surface area (TPSA) is 78.8 Å². The summed E-state index contributed by atoms with van der Waals surface area (Å²) >= 11 is 0. The Morgan fingerprint density at radius 1 is 1.06 bits per heavy atom. The van der Waals surface area contributed by atoms with E-state index in [0.717, 1.165) is 43.3 Å². The third-order valence-electron chi connectivity index (χ3n) is 5.27. The standard InChI is InChI=1S/C24H29N7O/c1-19-6-5-7-20(16-19)18-26-29-22-17-23(31-13-11-30(2)12-14-31)28-24(27-22)32-15-9-21-8-3-4-10-25-21/h3-8,10,16-18H,9,11-15H2,1-2H3,(H,27,28,29)/b26-18+. The molecular weight excluding hydrogens is 402 g/mol. The first-order valence-corrected chi connectivity index (χ1v) is 10.9. The molecule has 1 aliphatic heterocycles. The number of anilines is 2. The Balaban J connectivity index is 1.47. The highest BCUT2D eigenvalue weighted by Crippen LogP contribution is 2.21. The fourth-order valence-corrected chi connectivity index (χ4v) is 3.45. The van der Waals surface area contributed by atoms with Gasteiger partial charge in [-0.15, -0.1) is 0 Å². The van der Waals surface area contributed by atoms with Gasteiger partial charge in [0.05, 0.1) is 12.8 Å². The molecule has 1 aliphatic rings. The van der Waals surface area contributed by atoms with Gasteiger partial charge >= 0.3 is 6.01 Å². The van der Waals surface area contributed by atoms with Crippen LogP contribution in [-0.4, -0.2) is 65.9 Å². The maximum Gasteiger partial charge on any atom is 0.320 e. The van der Waals surface area contributed by atoms with Crippen molar-refractivity contribution in [2.45, 2.75) is 13.3 Å². The van der Waals surface area contributed by atoms with Gasteiger partial charge in [0, 0.05) is 50.6 Å². The monoisotopic (exact) mass is 431 g/mol. The Labute approximate surface area is 189 Å². The van der Waals surface area contributed by atoms with Gasteiger partial charge in [-0.1, -0.05) is 35.9 Å². The summed E-state index contributed by atoms with van der Waals surface area (Å²) in [6.45, 7) is 6.32. The van der Waals surface area contributed by atoms with E-state index in [4.69, 9.17) is 4.74 Å². The molecule has 0 spiro atoms. The van der Waals surface area contributed by atoms with Crippen LogP contribution in [0.15, 0.2) is 59.8 Å². The van der Waals surface area contributed by atoms with Crippen LogP contribution in [-0.2, 0) is 6.42 Å². The van der Waals surface area contributed by atoms with E-state index < -0.39 is 0 Å². The van der Waals surface area contributed by atoms with Crippen molar-refractivity contribution >= 4 is 17.9 Å². The maximum absolute atomic E-state index is 5.89. The quantitative estimate of drug-likeness (QED) is 0.434. The molecule has 0 unspecified atom stereocenters. The lowest BCUT2D eigenvalue weighted by Gasteiger charge is -2.33. The largest absolute Gasteiger partial charge is 0.463 e. The summed E-state index contributed by atoms with van der Waals surface area (Å²) in [5.41, 5.74) is 6.23. The van der Waals surface area contributed by atoms with E-state index in [1.54, 1.807) is 12.4 Å². The zero-order chi connectivity index (χ0) is 22.2. The van der Waals surface area contributed by atoms with Gasteiger partial charge in [-0.3, -0.25) is 10.4 Å². The van der Waals surface area contributed by atoms with Crippen LogP contribution in [0.4, 0.5) is 11.6 Å². The molecule has 2 aromatic heterocycles. The van der Waals surface area contributed by atoms with E-state index in [-0.39, 0.29) is 0 Å². The maximum atomic E-state index is 5.89. The van der Waals surface area contributed by atoms with E-state index in [9.17, 15) is 0 Å². The molecule has 1 N–H and O–H groups in total. The SMILES string of the molecule is Cc1cccc(/C=N/Nc2cc(N3CCN(C)CC3)nc(OCCc3ccccn3)n2)c1. The average molecular weight is 432 g/mol. The predicted molar refractivity (Wildman–Crippen MR) is 128 cm³/mol. The number of likely N-dealkylation sites (N-methyl/N-ethyl adjacent to an activating group) is 1. The summed E-state index contributed by atoms with van der Waals surface area (Å²) < 4.78 is 5.89. The summed E-state index contributed by atoms with van der Waals surface area (Å²) in [7, 11) is 2.14. The minimum atomic E-state index is 0.339. The number of benzene rings is 1. The molecule has 0 atom stereocenters. The lowest BCUT2D eigenvalue weighted by atomic mass is 10.2. The Morgan fingerprint density at radius 2 is 1.94 bits per heavy atom. The summed E-state index contributed by atoms with van der Waals surface area (Å²) in [6.07, 6.45) is 4.26. The molecule has 0 saturated carbocycles. The summed E-state index contributed by atoms with van der Waals surface area (Å²) in [4.78, 5) is 18.1. The van der Waals surface area contributed by atoms with Crippen LogP contribution in [0, 0.1) is 6.92 Å². The van der Waals surface area contributed by atoms with Gasteiger partial charge < -0.3 is 14.5 Å². The van der Waals surface area contributed by atoms with Crippen molar-refractivity contribution < 1.29 is 4.74 Å². The minimum absolute atomic E-state index is 0.339. The number of pyridine rings is 1. The molecule has 1 saturated heterocycles. The highest BCUT2D eigenvalue weighted by Gasteiger charge is 2.17. The Morgan fingerprint density at radius 3 is 2.72 bits per heavy atom. The Bertz CT molecular complexity index is 1030. The number of hydrazone groups is 1. The highest BCUT2D eigenvalue weighted by atomic mass is 16.5. The Kier molecular flexibility index (Phi) is 7.24. The van der Waals surface area contributed by atoms with Gasteiger partial charge in [-0.2, -0.15) is 15.1 Å². The van der Waals surface area contributed by atoms with Gasteiger partial charge in [0.15, 0.2) is 5.82 Å². The predicted octanol–water partition coefficient (Wildman–Crippen LogP) is 3.00. The molecule has 8 nitrogen and oxygen atoms in total. The van der Waals surface area contributed by atoms with E-state index >= 15 is 0 Å². The molecular formula is C24H29N7O. The molecule has 0 aliphatic carbocycles. The molecule has 0 radical (unpaired) electrons. The molecule has 4 rings (SSSR count). The number of nitrogens with one attached hydrogen (secondary N) is 1. The van der Waals surface area contributed by atoms with Crippen molar-refractivity contribution in [2.75, 3.05) is 50.2 Å². The fraction of sp³-hybridized carbons (Fsp3) is 0.333. The molecule has 166 valence electrons. The first-order chi connectivity index (χ1) is 15.7. The van der Waals surface area contributed by atoms with Crippen molar-refractivity contribution in [1.29, 1.82) is 0 Å². The number of ether oxygens (including phenoxy) is 1. The van der Waals surface area contributed by atoms with Crippen molar-refractivity contribution in [1.82, 2.24) is 19.9 Å². The second-order valence-corrected chi connectivity index (χ2v) is 7.89. The zero-order valence-electron chi connectivity index (χ0n) is 18.6. The van der Waals surface area contributed by atoms with E-state index in [0.29, 0.717) is 24.9 Å². The van der Waals surface area contributed by atoms with Crippen molar-refractivity contribution in [3.8, 4) is 6.01 Å². The van der Waals surface area contributed by atoms with Crippen LogP contribution >= 0.6 is 0 Å². The number of hydrogen-bond acceptors (Lipinski definition) is 8. The van der Waals surface area contributed by atoms with Crippen molar-refractivity contribution in [2.24, 2.45) is 5.10 Å². The van der Waals surface area contributed by atoms with E-state index in [1.165, 1.54) is 5.56 Å². The second-order valence-electron chi connectivity index (χ2n) is 7.89. The van der Waals surface area contributed by atoms with E-state index in [1.807, 2.05) is 36.4 Å². The summed E-state index contributed by atoms with van der Waals surface area (Å²) in [5, 5.41) is 4.36. The van der Waals surface area contributed by atoms with Crippen LogP contribution in [0.25, 0.3) is 0 Å². The smallest absolute Gasteiger partial charge is 0.320 e.